The number of hydrogen-bond donors (Lipinski definition) is 3. The van der Waals surface area contributed by atoms with Gasteiger partial charge in [0.1, 0.15) is 23.0 Å². The molecule has 0 aliphatic carbocycles. The fraction of sp³-hybridized carbons (Fsp3) is 0.304. The van der Waals surface area contributed by atoms with Crippen molar-refractivity contribution in [2.75, 3.05) is 30.4 Å². The van der Waals surface area contributed by atoms with E-state index >= 15 is 0 Å². The first-order valence-electron chi connectivity index (χ1n) is 9.93. The molecule has 0 fully saturated rings. The highest BCUT2D eigenvalue weighted by Crippen LogP contribution is 2.44. The molecule has 0 radical (unpaired) electrons. The van der Waals surface area contributed by atoms with Gasteiger partial charge in [-0.05, 0) is 50.3 Å². The third-order valence-corrected chi connectivity index (χ3v) is 5.41. The van der Waals surface area contributed by atoms with Gasteiger partial charge >= 0.3 is 0 Å². The highest BCUT2D eigenvalue weighted by Gasteiger charge is 2.38. The minimum atomic E-state index is -0.851. The van der Waals surface area contributed by atoms with Gasteiger partial charge in [0.05, 0.1) is 18.3 Å². The van der Waals surface area contributed by atoms with Crippen LogP contribution in [0, 0.1) is 5.82 Å². The maximum Gasteiger partial charge on any atom is 0.260 e. The van der Waals surface area contributed by atoms with Gasteiger partial charge in [0.15, 0.2) is 0 Å². The van der Waals surface area contributed by atoms with Crippen LogP contribution < -0.4 is 10.2 Å². The molecule has 1 atom stereocenters. The molecular formula is C23H24FN3O4. The van der Waals surface area contributed by atoms with Crippen molar-refractivity contribution in [3.8, 4) is 0 Å². The first-order valence-corrected chi connectivity index (χ1v) is 9.93. The van der Waals surface area contributed by atoms with Crippen molar-refractivity contribution in [1.29, 1.82) is 0 Å². The highest BCUT2D eigenvalue weighted by atomic mass is 19.1. The van der Waals surface area contributed by atoms with Crippen LogP contribution in [0.4, 0.5) is 15.9 Å². The van der Waals surface area contributed by atoms with E-state index in [-0.39, 0.29) is 19.1 Å². The number of aliphatic hydroxyl groups excluding tert-OH is 2. The fourth-order valence-electron chi connectivity index (χ4n) is 3.84. The van der Waals surface area contributed by atoms with Crippen molar-refractivity contribution >= 4 is 28.6 Å². The molecule has 31 heavy (non-hydrogen) atoms. The Morgan fingerprint density at radius 1 is 1.29 bits per heavy atom. The molecule has 0 spiro atoms. The molecule has 1 unspecified atom stereocenters. The van der Waals surface area contributed by atoms with Gasteiger partial charge in [-0.1, -0.05) is 0 Å². The van der Waals surface area contributed by atoms with Crippen LogP contribution in [0.3, 0.4) is 0 Å². The second-order valence-electron chi connectivity index (χ2n) is 8.18. The van der Waals surface area contributed by atoms with Gasteiger partial charge in [0.2, 0.25) is 0 Å². The Hall–Kier alpha value is -3.23. The summed E-state index contributed by atoms with van der Waals surface area (Å²) >= 11 is 0. The Bertz CT molecular complexity index is 1090. The summed E-state index contributed by atoms with van der Waals surface area (Å²) < 4.78 is 19.9. The molecule has 1 aromatic carbocycles. The zero-order chi connectivity index (χ0) is 22.3. The van der Waals surface area contributed by atoms with E-state index in [0.29, 0.717) is 28.4 Å². The van der Waals surface area contributed by atoms with Crippen LogP contribution in [-0.4, -0.2) is 53.0 Å². The standard InChI is InChI=1S/C23H24FN3O4/c1-23(2)17(13-4-7-20(25-10-13)27(3)11-15(29)12-28)9-19(31-23)21-16-8-14(24)5-6-18(16)26-22(21)30/h4-10,15,28-29H,11-12H2,1-3H3,(H,26,30). The number of hydrogen-bond acceptors (Lipinski definition) is 6. The van der Waals surface area contributed by atoms with Crippen molar-refractivity contribution < 1.29 is 24.1 Å². The van der Waals surface area contributed by atoms with Gasteiger partial charge in [-0.3, -0.25) is 4.79 Å². The summed E-state index contributed by atoms with van der Waals surface area (Å²) in [5, 5.41) is 21.4. The van der Waals surface area contributed by atoms with E-state index in [1.54, 1.807) is 24.2 Å². The van der Waals surface area contributed by atoms with Gasteiger partial charge in [-0.25, -0.2) is 9.37 Å². The predicted molar refractivity (Wildman–Crippen MR) is 116 cm³/mol. The smallest absolute Gasteiger partial charge is 0.260 e. The van der Waals surface area contributed by atoms with Crippen molar-refractivity contribution in [2.45, 2.75) is 25.6 Å². The summed E-state index contributed by atoms with van der Waals surface area (Å²) in [6.45, 7) is 3.72. The third kappa shape index (κ3) is 3.92. The monoisotopic (exact) mass is 425 g/mol. The maximum atomic E-state index is 13.8. The minimum Gasteiger partial charge on any atom is -0.482 e. The summed E-state index contributed by atoms with van der Waals surface area (Å²) in [5.41, 5.74) is 2.27. The van der Waals surface area contributed by atoms with E-state index in [1.165, 1.54) is 18.2 Å². The van der Waals surface area contributed by atoms with Crippen molar-refractivity contribution in [2.24, 2.45) is 0 Å². The molecule has 162 valence electrons. The number of halogens is 1. The molecule has 7 nitrogen and oxygen atoms in total. The molecule has 2 aromatic rings. The molecule has 1 amide bonds. The summed E-state index contributed by atoms with van der Waals surface area (Å²) in [6.07, 6.45) is 2.64. The van der Waals surface area contributed by atoms with E-state index in [2.05, 4.69) is 10.3 Å². The van der Waals surface area contributed by atoms with Crippen molar-refractivity contribution in [3.63, 3.8) is 0 Å². The normalized spacial score (nSPS) is 20.1. The molecule has 8 heteroatoms. The number of pyridine rings is 1. The number of allylic oxidation sites excluding steroid dienone is 1. The van der Waals surface area contributed by atoms with Crippen LogP contribution >= 0.6 is 0 Å². The Labute approximate surface area is 179 Å². The number of nitrogens with one attached hydrogen (secondary N) is 1. The number of aliphatic hydroxyl groups is 2. The lowest BCUT2D eigenvalue weighted by atomic mass is 9.93. The Kier molecular flexibility index (Phi) is 5.28. The molecule has 2 aliphatic heterocycles. The van der Waals surface area contributed by atoms with E-state index < -0.39 is 17.5 Å². The van der Waals surface area contributed by atoms with Crippen LogP contribution in [0.5, 0.6) is 0 Å². The lowest BCUT2D eigenvalue weighted by molar-refractivity contribution is -0.111. The molecule has 3 N–H and O–H groups in total. The Balaban J connectivity index is 1.68. The quantitative estimate of drug-likeness (QED) is 0.638. The van der Waals surface area contributed by atoms with Crippen LogP contribution in [0.1, 0.15) is 25.0 Å². The Morgan fingerprint density at radius 3 is 2.74 bits per heavy atom. The minimum absolute atomic E-state index is 0.251. The van der Waals surface area contributed by atoms with Gasteiger partial charge in [-0.2, -0.15) is 0 Å². The number of benzene rings is 1. The summed E-state index contributed by atoms with van der Waals surface area (Å²) in [6, 6.07) is 7.86. The first kappa shape index (κ1) is 21.0. The number of fused-ring (bicyclic) bond motifs is 1. The topological polar surface area (TPSA) is 94.9 Å². The first-order chi connectivity index (χ1) is 14.7. The number of carbonyl (C=O) groups is 1. The summed E-state index contributed by atoms with van der Waals surface area (Å²) in [7, 11) is 1.78. The number of amides is 1. The van der Waals surface area contributed by atoms with Crippen LogP contribution in [0.15, 0.2) is 48.4 Å². The maximum absolute atomic E-state index is 13.8. The number of rotatable bonds is 5. The van der Waals surface area contributed by atoms with Crippen molar-refractivity contribution in [1.82, 2.24) is 4.98 Å². The zero-order valence-corrected chi connectivity index (χ0v) is 17.5. The van der Waals surface area contributed by atoms with Gasteiger partial charge < -0.3 is 25.2 Å². The van der Waals surface area contributed by atoms with Crippen LogP contribution in [0.25, 0.3) is 11.1 Å². The molecule has 0 saturated heterocycles. The second-order valence-corrected chi connectivity index (χ2v) is 8.18. The van der Waals surface area contributed by atoms with E-state index in [0.717, 1.165) is 11.1 Å². The predicted octanol–water partition coefficient (Wildman–Crippen LogP) is 2.57. The molecule has 0 bridgehead atoms. The second kappa shape index (κ2) is 7.79. The van der Waals surface area contributed by atoms with Crippen molar-refractivity contribution in [3.05, 3.63) is 65.3 Å². The van der Waals surface area contributed by atoms with E-state index in [4.69, 9.17) is 9.84 Å². The number of nitrogens with zero attached hydrogens (tertiary/aromatic N) is 2. The lowest BCUT2D eigenvalue weighted by Crippen LogP contribution is -2.31. The molecule has 3 heterocycles. The number of likely N-dealkylation sites (N-methyl/N-ethyl adjacent to an activating group) is 1. The molecule has 1 aromatic heterocycles. The number of ether oxygens (including phenoxy) is 1. The average molecular weight is 425 g/mol. The SMILES string of the molecule is CN(CC(O)CO)c1ccc(C2=CC(=C3C(=O)Nc4ccc(F)cc43)OC2(C)C)cn1. The third-order valence-electron chi connectivity index (χ3n) is 5.41. The number of aromatic nitrogens is 1. The molecule has 4 rings (SSSR count). The van der Waals surface area contributed by atoms with E-state index in [9.17, 15) is 14.3 Å². The fourth-order valence-corrected chi connectivity index (χ4v) is 3.84. The van der Waals surface area contributed by atoms with Crippen LogP contribution in [0.2, 0.25) is 0 Å². The summed E-state index contributed by atoms with van der Waals surface area (Å²) in [4.78, 5) is 18.8. The largest absolute Gasteiger partial charge is 0.482 e. The highest BCUT2D eigenvalue weighted by molar-refractivity contribution is 6.32. The molecule has 2 aliphatic rings. The zero-order valence-electron chi connectivity index (χ0n) is 17.5. The average Bonchev–Trinajstić information content (AvgIpc) is 3.22. The van der Waals surface area contributed by atoms with Gasteiger partial charge in [0, 0.05) is 42.2 Å². The van der Waals surface area contributed by atoms with Gasteiger partial charge in [-0.15, -0.1) is 0 Å². The number of anilines is 2. The Morgan fingerprint density at radius 2 is 2.06 bits per heavy atom. The molecular weight excluding hydrogens is 401 g/mol. The van der Waals surface area contributed by atoms with Crippen LogP contribution in [-0.2, 0) is 9.53 Å². The van der Waals surface area contributed by atoms with Gasteiger partial charge in [0.25, 0.3) is 5.91 Å². The summed E-state index contributed by atoms with van der Waals surface area (Å²) in [5.74, 6) is 0.271. The number of carbonyl (C=O) groups excluding carboxylic acids is 1. The van der Waals surface area contributed by atoms with E-state index in [1.807, 2.05) is 26.0 Å². The lowest BCUT2D eigenvalue weighted by Gasteiger charge is -2.24. The molecule has 0 saturated carbocycles.